The van der Waals surface area contributed by atoms with Gasteiger partial charge in [-0.3, -0.25) is 14.4 Å². The molecule has 1 saturated heterocycles. The van der Waals surface area contributed by atoms with Crippen molar-refractivity contribution in [1.29, 1.82) is 0 Å². The summed E-state index contributed by atoms with van der Waals surface area (Å²) in [6, 6.07) is 16.6. The van der Waals surface area contributed by atoms with Gasteiger partial charge >= 0.3 is 0 Å². The summed E-state index contributed by atoms with van der Waals surface area (Å²) in [5, 5.41) is 9.11. The second-order valence-corrected chi connectivity index (χ2v) is 10.8. The van der Waals surface area contributed by atoms with Crippen molar-refractivity contribution in [3.05, 3.63) is 71.8 Å². The van der Waals surface area contributed by atoms with Crippen molar-refractivity contribution >= 4 is 23.8 Å². The number of nitrogens with one attached hydrogen (secondary N) is 3. The van der Waals surface area contributed by atoms with Crippen LogP contribution in [-0.4, -0.2) is 43.5 Å². The summed E-state index contributed by atoms with van der Waals surface area (Å²) in [6.07, 6.45) is 11.5. The first-order chi connectivity index (χ1) is 19.0. The van der Waals surface area contributed by atoms with Gasteiger partial charge in [0.2, 0.25) is 17.7 Å². The molecule has 2 aromatic carbocycles. The predicted octanol–water partition coefficient (Wildman–Crippen LogP) is 4.42. The molecule has 0 radical (unpaired) electrons. The molecule has 2 aromatic rings. The van der Waals surface area contributed by atoms with E-state index in [1.165, 1.54) is 12.5 Å². The predicted molar refractivity (Wildman–Crippen MR) is 153 cm³/mol. The van der Waals surface area contributed by atoms with Gasteiger partial charge < -0.3 is 20.7 Å². The number of methoxy groups -OCH3 is 1. The van der Waals surface area contributed by atoms with E-state index in [-0.39, 0.29) is 29.7 Å². The highest BCUT2D eigenvalue weighted by atomic mass is 16.5. The summed E-state index contributed by atoms with van der Waals surface area (Å²) in [5.41, 5.74) is 1.98. The van der Waals surface area contributed by atoms with Crippen LogP contribution in [0.15, 0.2) is 60.7 Å². The molecule has 1 aliphatic carbocycles. The largest absolute Gasteiger partial charge is 0.497 e. The van der Waals surface area contributed by atoms with Gasteiger partial charge in [-0.2, -0.15) is 0 Å². The smallest absolute Gasteiger partial charge is 0.244 e. The molecule has 0 aromatic heterocycles. The molecule has 3 amide bonds. The van der Waals surface area contributed by atoms with E-state index in [4.69, 9.17) is 4.74 Å². The fourth-order valence-corrected chi connectivity index (χ4v) is 5.70. The van der Waals surface area contributed by atoms with Gasteiger partial charge in [0.25, 0.3) is 0 Å². The standard InChI is InChI=1S/C32H41N3O4/c1-39-28-15-12-25(13-16-28)20-27(22-26-18-19-33-31(26)37)34-32(38)29(21-24-10-6-3-7-11-24)35-30(36)17-14-23-8-4-2-5-9-23/h2,4-5,8-9,12-17,24,26-27,29H,3,6-7,10-11,18-22H2,1H3,(H,33,37)(H,34,38)(H,35,36)/t26-,27+,29-/m0/s1. The van der Waals surface area contributed by atoms with Crippen molar-refractivity contribution in [2.24, 2.45) is 11.8 Å². The molecule has 0 bridgehead atoms. The third kappa shape index (κ3) is 8.98. The number of amides is 3. The van der Waals surface area contributed by atoms with Crippen LogP contribution in [0.5, 0.6) is 5.75 Å². The van der Waals surface area contributed by atoms with Crippen LogP contribution in [0.3, 0.4) is 0 Å². The molecule has 3 atom stereocenters. The first-order valence-electron chi connectivity index (χ1n) is 14.2. The van der Waals surface area contributed by atoms with E-state index in [1.807, 2.05) is 54.6 Å². The van der Waals surface area contributed by atoms with Crippen molar-refractivity contribution in [2.45, 2.75) is 69.9 Å². The summed E-state index contributed by atoms with van der Waals surface area (Å²) in [5.74, 6) is 0.633. The summed E-state index contributed by atoms with van der Waals surface area (Å²) < 4.78 is 5.28. The number of benzene rings is 2. The highest BCUT2D eigenvalue weighted by molar-refractivity contribution is 5.95. The average molecular weight is 532 g/mol. The Morgan fingerprint density at radius 1 is 0.974 bits per heavy atom. The van der Waals surface area contributed by atoms with Gasteiger partial charge in [0, 0.05) is 24.6 Å². The Balaban J connectivity index is 1.47. The van der Waals surface area contributed by atoms with Crippen LogP contribution in [0.25, 0.3) is 6.08 Å². The molecule has 4 rings (SSSR count). The monoisotopic (exact) mass is 531 g/mol. The second-order valence-electron chi connectivity index (χ2n) is 10.8. The van der Waals surface area contributed by atoms with Crippen LogP contribution in [0.1, 0.15) is 62.5 Å². The third-order valence-corrected chi connectivity index (χ3v) is 7.87. The third-order valence-electron chi connectivity index (χ3n) is 7.87. The molecule has 1 aliphatic heterocycles. The zero-order chi connectivity index (χ0) is 27.5. The number of carbonyl (C=O) groups is 3. The Morgan fingerprint density at radius 3 is 2.38 bits per heavy atom. The van der Waals surface area contributed by atoms with E-state index in [1.54, 1.807) is 13.2 Å². The lowest BCUT2D eigenvalue weighted by atomic mass is 9.84. The Morgan fingerprint density at radius 2 is 1.72 bits per heavy atom. The number of hydrogen-bond donors (Lipinski definition) is 3. The van der Waals surface area contributed by atoms with Gasteiger partial charge in [-0.15, -0.1) is 0 Å². The van der Waals surface area contributed by atoms with Gasteiger partial charge in [0.15, 0.2) is 0 Å². The maximum absolute atomic E-state index is 13.7. The van der Waals surface area contributed by atoms with Crippen molar-refractivity contribution in [3.63, 3.8) is 0 Å². The van der Waals surface area contributed by atoms with E-state index < -0.39 is 6.04 Å². The van der Waals surface area contributed by atoms with Crippen LogP contribution in [0.2, 0.25) is 0 Å². The van der Waals surface area contributed by atoms with Crippen LogP contribution in [0, 0.1) is 11.8 Å². The van der Waals surface area contributed by atoms with Crippen LogP contribution in [-0.2, 0) is 20.8 Å². The second kappa shape index (κ2) is 14.5. The summed E-state index contributed by atoms with van der Waals surface area (Å²) >= 11 is 0. The Hall–Kier alpha value is -3.61. The van der Waals surface area contributed by atoms with Gasteiger partial charge in [-0.25, -0.2) is 0 Å². The molecule has 1 saturated carbocycles. The maximum atomic E-state index is 13.7. The van der Waals surface area contributed by atoms with Crippen molar-refractivity contribution in [3.8, 4) is 5.75 Å². The molecule has 2 aliphatic rings. The fourth-order valence-electron chi connectivity index (χ4n) is 5.70. The molecular weight excluding hydrogens is 490 g/mol. The fraction of sp³-hybridized carbons (Fsp3) is 0.469. The molecular formula is C32H41N3O4. The van der Waals surface area contributed by atoms with Crippen molar-refractivity contribution in [2.75, 3.05) is 13.7 Å². The summed E-state index contributed by atoms with van der Waals surface area (Å²) in [6.45, 7) is 0.667. The zero-order valence-corrected chi connectivity index (χ0v) is 22.9. The highest BCUT2D eigenvalue weighted by Gasteiger charge is 2.31. The molecule has 0 unspecified atom stereocenters. The number of hydrogen-bond acceptors (Lipinski definition) is 4. The first-order valence-corrected chi connectivity index (χ1v) is 14.2. The molecule has 0 spiro atoms. The van der Waals surface area contributed by atoms with Crippen LogP contribution in [0.4, 0.5) is 0 Å². The summed E-state index contributed by atoms with van der Waals surface area (Å²) in [7, 11) is 1.63. The quantitative estimate of drug-likeness (QED) is 0.354. The van der Waals surface area contributed by atoms with E-state index in [0.29, 0.717) is 31.7 Å². The van der Waals surface area contributed by atoms with Gasteiger partial charge in [0.05, 0.1) is 7.11 Å². The Bertz CT molecular complexity index is 1110. The van der Waals surface area contributed by atoms with E-state index in [0.717, 1.165) is 49.0 Å². The minimum Gasteiger partial charge on any atom is -0.497 e. The number of rotatable bonds is 12. The van der Waals surface area contributed by atoms with Crippen molar-refractivity contribution in [1.82, 2.24) is 16.0 Å². The first kappa shape index (κ1) is 28.4. The lowest BCUT2D eigenvalue weighted by Gasteiger charge is -2.28. The topological polar surface area (TPSA) is 96.5 Å². The Kier molecular flexibility index (Phi) is 10.6. The highest BCUT2D eigenvalue weighted by Crippen LogP contribution is 2.28. The lowest BCUT2D eigenvalue weighted by Crippen LogP contribution is -2.51. The van der Waals surface area contributed by atoms with E-state index >= 15 is 0 Å². The summed E-state index contributed by atoms with van der Waals surface area (Å²) in [4.78, 5) is 39.0. The molecule has 7 nitrogen and oxygen atoms in total. The SMILES string of the molecule is COc1ccc(C[C@H](C[C@@H]2CCNC2=O)NC(=O)[C@H](CC2CCCCC2)NC(=O)C=Cc2ccccc2)cc1. The molecule has 3 N–H and O–H groups in total. The van der Waals surface area contributed by atoms with Crippen LogP contribution >= 0.6 is 0 Å². The lowest BCUT2D eigenvalue weighted by molar-refractivity contribution is -0.128. The van der Waals surface area contributed by atoms with Gasteiger partial charge in [-0.05, 0) is 60.9 Å². The average Bonchev–Trinajstić information content (AvgIpc) is 3.36. The van der Waals surface area contributed by atoms with E-state index in [9.17, 15) is 14.4 Å². The minimum absolute atomic E-state index is 0.0436. The maximum Gasteiger partial charge on any atom is 0.244 e. The number of carbonyl (C=O) groups excluding carboxylic acids is 3. The van der Waals surface area contributed by atoms with Crippen molar-refractivity contribution < 1.29 is 19.1 Å². The number of ether oxygens (including phenoxy) is 1. The van der Waals surface area contributed by atoms with Gasteiger partial charge in [0.1, 0.15) is 11.8 Å². The van der Waals surface area contributed by atoms with E-state index in [2.05, 4.69) is 16.0 Å². The zero-order valence-electron chi connectivity index (χ0n) is 22.9. The molecule has 7 heteroatoms. The normalized spacial score (nSPS) is 19.3. The van der Waals surface area contributed by atoms with Gasteiger partial charge in [-0.1, -0.05) is 74.6 Å². The molecule has 1 heterocycles. The molecule has 39 heavy (non-hydrogen) atoms. The molecule has 2 fully saturated rings. The Labute approximate surface area is 231 Å². The van der Waals surface area contributed by atoms with Crippen LogP contribution < -0.4 is 20.7 Å². The minimum atomic E-state index is -0.628. The molecule has 208 valence electrons.